The van der Waals surface area contributed by atoms with E-state index in [1.807, 2.05) is 49.8 Å². The van der Waals surface area contributed by atoms with Crippen molar-refractivity contribution in [1.29, 1.82) is 0 Å². The largest absolute Gasteiger partial charge is 0.354 e. The number of benzene rings is 1. The van der Waals surface area contributed by atoms with Crippen molar-refractivity contribution in [2.45, 2.75) is 32.7 Å². The Balaban J connectivity index is 1.46. The molecule has 0 saturated heterocycles. The van der Waals surface area contributed by atoms with E-state index >= 15 is 0 Å². The predicted molar refractivity (Wildman–Crippen MR) is 122 cm³/mol. The van der Waals surface area contributed by atoms with E-state index in [1.165, 1.54) is 5.56 Å². The average Bonchev–Trinajstić information content (AvgIpc) is 3.36. The highest BCUT2D eigenvalue weighted by Crippen LogP contribution is 2.23. The first-order valence-electron chi connectivity index (χ1n) is 10.1. The molecular weight excluding hydrogens is 394 g/mol. The molecule has 3 aromatic heterocycles. The van der Waals surface area contributed by atoms with Gasteiger partial charge >= 0.3 is 0 Å². The molecule has 1 aromatic carbocycles. The van der Waals surface area contributed by atoms with Crippen LogP contribution in [0.1, 0.15) is 35.0 Å². The third-order valence-electron chi connectivity index (χ3n) is 5.66. The normalized spacial score (nSPS) is 12.7. The Hall–Kier alpha value is -2.77. The molecule has 1 amide bonds. The number of nitrogens with one attached hydrogen (secondary N) is 1. The summed E-state index contributed by atoms with van der Waals surface area (Å²) in [7, 11) is 4.08. The molecule has 0 fully saturated rings. The monoisotopic (exact) mass is 421 g/mol. The highest BCUT2D eigenvalue weighted by atomic mass is 32.1. The topological polar surface area (TPSA) is 62.5 Å². The lowest BCUT2D eigenvalue weighted by Gasteiger charge is -2.24. The van der Waals surface area contributed by atoms with Gasteiger partial charge in [0.05, 0.1) is 11.6 Å². The number of likely N-dealkylation sites (N-methyl/N-ethyl adjacent to an activating group) is 1. The summed E-state index contributed by atoms with van der Waals surface area (Å²) < 4.78 is 1.91. The molecule has 156 valence electrons. The molecule has 0 bridgehead atoms. The second kappa shape index (κ2) is 8.53. The van der Waals surface area contributed by atoms with E-state index in [2.05, 4.69) is 34.0 Å². The lowest BCUT2D eigenvalue weighted by molar-refractivity contribution is -0.121. The number of nitrogens with zero attached hydrogens (tertiary/aromatic N) is 4. The number of carbonyl (C=O) groups is 1. The highest BCUT2D eigenvalue weighted by molar-refractivity contribution is 7.07. The number of fused-ring (bicyclic) bond motifs is 3. The van der Waals surface area contributed by atoms with Crippen LogP contribution in [0.25, 0.3) is 16.6 Å². The first-order valence-corrected chi connectivity index (χ1v) is 11.1. The van der Waals surface area contributed by atoms with Crippen LogP contribution >= 0.6 is 11.3 Å². The number of amides is 1. The van der Waals surface area contributed by atoms with Crippen molar-refractivity contribution in [1.82, 2.24) is 24.8 Å². The van der Waals surface area contributed by atoms with Crippen molar-refractivity contribution < 1.29 is 4.79 Å². The molecule has 0 saturated carbocycles. The summed E-state index contributed by atoms with van der Waals surface area (Å²) in [5.41, 5.74) is 6.14. The molecule has 0 aliphatic heterocycles. The van der Waals surface area contributed by atoms with Gasteiger partial charge in [0, 0.05) is 29.7 Å². The Kier molecular flexibility index (Phi) is 5.83. The van der Waals surface area contributed by atoms with Crippen LogP contribution in [0.3, 0.4) is 0 Å². The maximum atomic E-state index is 12.6. The summed E-state index contributed by atoms with van der Waals surface area (Å²) in [6.07, 6.45) is 1.08. The van der Waals surface area contributed by atoms with Gasteiger partial charge in [-0.2, -0.15) is 16.4 Å². The number of rotatable bonds is 7. The van der Waals surface area contributed by atoms with Crippen LogP contribution < -0.4 is 5.32 Å². The van der Waals surface area contributed by atoms with E-state index in [4.69, 9.17) is 10.1 Å². The van der Waals surface area contributed by atoms with Crippen LogP contribution in [0.5, 0.6) is 0 Å². The summed E-state index contributed by atoms with van der Waals surface area (Å²) in [6.45, 7) is 4.67. The number of hydrogen-bond donors (Lipinski definition) is 1. The van der Waals surface area contributed by atoms with E-state index in [1.54, 1.807) is 11.3 Å². The van der Waals surface area contributed by atoms with Crippen LogP contribution in [0.2, 0.25) is 0 Å². The maximum absolute atomic E-state index is 12.6. The molecule has 1 atom stereocenters. The minimum absolute atomic E-state index is 0.0570. The van der Waals surface area contributed by atoms with Gasteiger partial charge in [0.2, 0.25) is 5.91 Å². The Bertz CT molecular complexity index is 1180. The lowest BCUT2D eigenvalue weighted by Crippen LogP contribution is -2.34. The van der Waals surface area contributed by atoms with Crippen LogP contribution in [0, 0.1) is 13.8 Å². The zero-order valence-corrected chi connectivity index (χ0v) is 18.7. The fraction of sp³-hybridized carbons (Fsp3) is 0.348. The molecular formula is C23H27N5OS. The standard InChI is InChI=1S/C23H27N5OS/c1-15-18(16(2)28-23(25-15)19-7-5-6-8-20(19)26-28)9-10-22(29)24-13-21(27(3)4)17-11-12-30-14-17/h5-8,11-12,14,21H,9-10,13H2,1-4H3,(H,24,29). The minimum atomic E-state index is 0.0570. The van der Waals surface area contributed by atoms with Crippen molar-refractivity contribution in [2.24, 2.45) is 0 Å². The van der Waals surface area contributed by atoms with Crippen molar-refractivity contribution in [2.75, 3.05) is 20.6 Å². The van der Waals surface area contributed by atoms with Crippen molar-refractivity contribution in [3.05, 3.63) is 63.6 Å². The number of hydrogen-bond acceptors (Lipinski definition) is 5. The van der Waals surface area contributed by atoms with Gasteiger partial charge in [0.15, 0.2) is 5.65 Å². The quantitative estimate of drug-likeness (QED) is 0.491. The molecule has 30 heavy (non-hydrogen) atoms. The van der Waals surface area contributed by atoms with Gasteiger partial charge < -0.3 is 10.2 Å². The van der Waals surface area contributed by atoms with Crippen LogP contribution in [-0.4, -0.2) is 46.0 Å². The summed E-state index contributed by atoms with van der Waals surface area (Å²) in [5.74, 6) is 0.0570. The van der Waals surface area contributed by atoms with Crippen LogP contribution in [0.15, 0.2) is 41.1 Å². The van der Waals surface area contributed by atoms with Crippen molar-refractivity contribution in [3.63, 3.8) is 0 Å². The van der Waals surface area contributed by atoms with Gasteiger partial charge in [-0.25, -0.2) is 9.50 Å². The van der Waals surface area contributed by atoms with Crippen molar-refractivity contribution >= 4 is 33.8 Å². The summed E-state index contributed by atoms with van der Waals surface area (Å²) in [6, 6.07) is 10.3. The first-order chi connectivity index (χ1) is 14.5. The molecule has 1 unspecified atom stereocenters. The van der Waals surface area contributed by atoms with E-state index in [0.29, 0.717) is 19.4 Å². The molecule has 3 heterocycles. The lowest BCUT2D eigenvalue weighted by atomic mass is 10.1. The second-order valence-corrected chi connectivity index (χ2v) is 8.63. The molecule has 7 heteroatoms. The summed E-state index contributed by atoms with van der Waals surface area (Å²) in [5, 5.41) is 13.1. The van der Waals surface area contributed by atoms with E-state index < -0.39 is 0 Å². The Morgan fingerprint density at radius 3 is 2.77 bits per heavy atom. The summed E-state index contributed by atoms with van der Waals surface area (Å²) >= 11 is 1.68. The van der Waals surface area contributed by atoms with E-state index in [-0.39, 0.29) is 11.9 Å². The highest BCUT2D eigenvalue weighted by Gasteiger charge is 2.17. The number of aromatic nitrogens is 3. The molecule has 4 rings (SSSR count). The van der Waals surface area contributed by atoms with Gasteiger partial charge in [-0.3, -0.25) is 4.79 Å². The Morgan fingerprint density at radius 1 is 1.23 bits per heavy atom. The SMILES string of the molecule is Cc1nc2c3ccccc3nn2c(C)c1CCC(=O)NCC(c1ccsc1)N(C)C. The van der Waals surface area contributed by atoms with Gasteiger partial charge in [0.1, 0.15) is 0 Å². The number of carbonyl (C=O) groups excluding carboxylic acids is 1. The average molecular weight is 422 g/mol. The summed E-state index contributed by atoms with van der Waals surface area (Å²) in [4.78, 5) is 19.5. The van der Waals surface area contributed by atoms with Gasteiger partial charge in [-0.1, -0.05) is 12.1 Å². The Morgan fingerprint density at radius 2 is 2.03 bits per heavy atom. The fourth-order valence-electron chi connectivity index (χ4n) is 3.94. The number of aryl methyl sites for hydroxylation is 2. The number of thiophene rings is 1. The second-order valence-electron chi connectivity index (χ2n) is 7.85. The van der Waals surface area contributed by atoms with Gasteiger partial charge in [-0.15, -0.1) is 0 Å². The van der Waals surface area contributed by atoms with E-state index in [0.717, 1.165) is 33.5 Å². The van der Waals surface area contributed by atoms with E-state index in [9.17, 15) is 4.79 Å². The molecule has 0 spiro atoms. The third kappa shape index (κ3) is 3.95. The van der Waals surface area contributed by atoms with Gasteiger partial charge in [0.25, 0.3) is 0 Å². The molecule has 0 radical (unpaired) electrons. The van der Waals surface area contributed by atoms with Crippen molar-refractivity contribution in [3.8, 4) is 0 Å². The van der Waals surface area contributed by atoms with Gasteiger partial charge in [-0.05, 0) is 74.4 Å². The zero-order valence-electron chi connectivity index (χ0n) is 17.8. The molecule has 0 aliphatic carbocycles. The smallest absolute Gasteiger partial charge is 0.220 e. The van der Waals surface area contributed by atoms with Crippen LogP contribution in [0.4, 0.5) is 0 Å². The fourth-order valence-corrected chi connectivity index (χ4v) is 4.65. The molecule has 6 nitrogen and oxygen atoms in total. The first kappa shape index (κ1) is 20.5. The zero-order chi connectivity index (χ0) is 21.3. The maximum Gasteiger partial charge on any atom is 0.220 e. The molecule has 4 aromatic rings. The predicted octanol–water partition coefficient (Wildman–Crippen LogP) is 3.91. The molecule has 0 aliphatic rings. The Labute approximate surface area is 180 Å². The van der Waals surface area contributed by atoms with Crippen LogP contribution in [-0.2, 0) is 11.2 Å². The minimum Gasteiger partial charge on any atom is -0.354 e. The third-order valence-corrected chi connectivity index (χ3v) is 6.37. The molecule has 1 N–H and O–H groups in total.